The molecule has 0 bridgehead atoms. The first-order valence-corrected chi connectivity index (χ1v) is 11.4. The first kappa shape index (κ1) is 21.8. The lowest BCUT2D eigenvalue weighted by Gasteiger charge is -2.33. The van der Waals surface area contributed by atoms with Gasteiger partial charge in [-0.25, -0.2) is 0 Å². The van der Waals surface area contributed by atoms with Gasteiger partial charge in [-0.05, 0) is 49.1 Å². The van der Waals surface area contributed by atoms with Crippen LogP contribution in [0.15, 0.2) is 42.5 Å². The van der Waals surface area contributed by atoms with Crippen LogP contribution in [0.2, 0.25) is 5.02 Å². The van der Waals surface area contributed by atoms with E-state index in [1.165, 1.54) is 22.6 Å². The summed E-state index contributed by atoms with van der Waals surface area (Å²) >= 11 is 7.68. The molecule has 1 fully saturated rings. The van der Waals surface area contributed by atoms with Crippen LogP contribution in [0.1, 0.15) is 27.7 Å². The third-order valence-electron chi connectivity index (χ3n) is 5.49. The Kier molecular flexibility index (Phi) is 6.60. The van der Waals surface area contributed by atoms with Crippen molar-refractivity contribution >= 4 is 44.7 Å². The highest BCUT2D eigenvalue weighted by atomic mass is 35.5. The van der Waals surface area contributed by atoms with Crippen LogP contribution in [-0.4, -0.2) is 49.0 Å². The largest absolute Gasteiger partial charge is 0.490 e. The Morgan fingerprint density at radius 2 is 2.06 bits per heavy atom. The maximum absolute atomic E-state index is 13.0. The van der Waals surface area contributed by atoms with Crippen molar-refractivity contribution in [3.05, 3.63) is 63.5 Å². The molecular weight excluding hydrogens is 434 g/mol. The molecule has 0 N–H and O–H groups in total. The molecule has 2 aromatic carbocycles. The van der Waals surface area contributed by atoms with E-state index in [-0.39, 0.29) is 24.4 Å². The second kappa shape index (κ2) is 9.39. The van der Waals surface area contributed by atoms with Crippen LogP contribution in [0.4, 0.5) is 0 Å². The number of Topliss-reactive ketones (excluding diaryl/α,β-unsaturated/α-hetero) is 1. The number of benzene rings is 2. The van der Waals surface area contributed by atoms with Gasteiger partial charge in [-0.1, -0.05) is 29.8 Å². The Hall–Kier alpha value is -2.41. The molecule has 1 saturated heterocycles. The third-order valence-corrected chi connectivity index (χ3v) is 7.00. The van der Waals surface area contributed by atoms with E-state index in [9.17, 15) is 9.59 Å². The predicted octanol–water partition coefficient (Wildman–Crippen LogP) is 4.91. The van der Waals surface area contributed by atoms with E-state index in [0.29, 0.717) is 42.5 Å². The monoisotopic (exact) mass is 457 g/mol. The first-order valence-electron chi connectivity index (χ1n) is 10.2. The number of aryl methyl sites for hydroxylation is 1. The van der Waals surface area contributed by atoms with Crippen molar-refractivity contribution in [3.8, 4) is 5.75 Å². The molecule has 1 aliphatic rings. The summed E-state index contributed by atoms with van der Waals surface area (Å²) in [4.78, 5) is 27.8. The normalized spacial score (nSPS) is 16.5. The van der Waals surface area contributed by atoms with Crippen LogP contribution in [0.5, 0.6) is 5.75 Å². The number of hydrogen-bond acceptors (Lipinski definition) is 5. The second-order valence-electron chi connectivity index (χ2n) is 7.66. The van der Waals surface area contributed by atoms with Crippen molar-refractivity contribution in [3.63, 3.8) is 0 Å². The molecule has 1 aromatic heterocycles. The number of carbonyl (C=O) groups excluding carboxylic acids is 2. The number of halogens is 1. The van der Waals surface area contributed by atoms with E-state index in [1.54, 1.807) is 29.5 Å². The number of ether oxygens (including phenoxy) is 2. The molecular formula is C24H24ClNO4S. The summed E-state index contributed by atoms with van der Waals surface area (Å²) in [7, 11) is 0. The van der Waals surface area contributed by atoms with Crippen molar-refractivity contribution in [2.75, 3.05) is 26.3 Å². The molecule has 0 spiro atoms. The summed E-state index contributed by atoms with van der Waals surface area (Å²) in [5.74, 6) is 0.460. The lowest BCUT2D eigenvalue weighted by molar-refractivity contribution is -0.139. The van der Waals surface area contributed by atoms with Crippen molar-refractivity contribution in [2.45, 2.75) is 26.4 Å². The molecule has 4 rings (SSSR count). The molecule has 0 aliphatic carbocycles. The zero-order chi connectivity index (χ0) is 22.0. The highest BCUT2D eigenvalue weighted by molar-refractivity contribution is 7.19. The minimum atomic E-state index is -0.253. The van der Waals surface area contributed by atoms with Crippen molar-refractivity contribution in [2.24, 2.45) is 0 Å². The first-order chi connectivity index (χ1) is 14.9. The van der Waals surface area contributed by atoms with E-state index >= 15 is 0 Å². The van der Waals surface area contributed by atoms with Crippen LogP contribution in [-0.2, 0) is 16.0 Å². The number of nitrogens with zero attached hydrogens (tertiary/aromatic N) is 1. The van der Waals surface area contributed by atoms with Gasteiger partial charge in [0.2, 0.25) is 5.91 Å². The number of morpholine rings is 1. The van der Waals surface area contributed by atoms with E-state index in [4.69, 9.17) is 21.1 Å². The van der Waals surface area contributed by atoms with Crippen LogP contribution >= 0.6 is 22.9 Å². The maximum atomic E-state index is 13.0. The van der Waals surface area contributed by atoms with E-state index in [2.05, 4.69) is 19.1 Å². The fourth-order valence-electron chi connectivity index (χ4n) is 3.78. The summed E-state index contributed by atoms with van der Waals surface area (Å²) in [6.07, 6.45) is 0.140. The summed E-state index contributed by atoms with van der Waals surface area (Å²) in [6.45, 7) is 5.31. The standard InChI is InChI=1S/C24H24ClNO4S/c1-15-19-5-3-4-6-22(19)31-23(15)12-24(28)26-9-10-29-18(13-26)14-30-21-8-7-17(25)11-20(21)16(2)27/h3-8,11,18H,9-10,12-14H2,1-2H3. The molecule has 3 aromatic rings. The third kappa shape index (κ3) is 4.92. The lowest BCUT2D eigenvalue weighted by atomic mass is 10.1. The van der Waals surface area contributed by atoms with E-state index in [0.717, 1.165) is 4.88 Å². The van der Waals surface area contributed by atoms with Crippen molar-refractivity contribution < 1.29 is 19.1 Å². The number of rotatable bonds is 6. The van der Waals surface area contributed by atoms with Gasteiger partial charge in [-0.2, -0.15) is 0 Å². The van der Waals surface area contributed by atoms with Gasteiger partial charge in [-0.15, -0.1) is 11.3 Å². The van der Waals surface area contributed by atoms with Crippen LogP contribution in [0.25, 0.3) is 10.1 Å². The number of amides is 1. The highest BCUT2D eigenvalue weighted by Crippen LogP contribution is 2.31. The average molecular weight is 458 g/mol. The number of fused-ring (bicyclic) bond motifs is 1. The van der Waals surface area contributed by atoms with Gasteiger partial charge < -0.3 is 14.4 Å². The number of carbonyl (C=O) groups is 2. The Balaban J connectivity index is 1.39. The summed E-state index contributed by atoms with van der Waals surface area (Å²) in [6, 6.07) is 13.2. The van der Waals surface area contributed by atoms with Gasteiger partial charge >= 0.3 is 0 Å². The number of ketones is 1. The van der Waals surface area contributed by atoms with Gasteiger partial charge in [-0.3, -0.25) is 9.59 Å². The summed E-state index contributed by atoms with van der Waals surface area (Å²) in [5, 5.41) is 1.70. The molecule has 31 heavy (non-hydrogen) atoms. The fourth-order valence-corrected chi connectivity index (χ4v) is 5.15. The molecule has 162 valence electrons. The van der Waals surface area contributed by atoms with Crippen LogP contribution in [0, 0.1) is 6.92 Å². The molecule has 1 aliphatic heterocycles. The van der Waals surface area contributed by atoms with E-state index < -0.39 is 0 Å². The molecule has 1 atom stereocenters. The van der Waals surface area contributed by atoms with Gasteiger partial charge in [0.25, 0.3) is 0 Å². The van der Waals surface area contributed by atoms with Gasteiger partial charge in [0.1, 0.15) is 18.5 Å². The minimum absolute atomic E-state index is 0.0962. The number of thiophene rings is 1. The molecule has 7 heteroatoms. The summed E-state index contributed by atoms with van der Waals surface area (Å²) in [5.41, 5.74) is 1.62. The minimum Gasteiger partial charge on any atom is -0.490 e. The lowest BCUT2D eigenvalue weighted by Crippen LogP contribution is -2.48. The zero-order valence-electron chi connectivity index (χ0n) is 17.5. The Bertz CT molecular complexity index is 1130. The van der Waals surface area contributed by atoms with Gasteiger partial charge in [0.05, 0.1) is 25.1 Å². The predicted molar refractivity (Wildman–Crippen MR) is 124 cm³/mol. The SMILES string of the molecule is CC(=O)c1cc(Cl)ccc1OCC1CN(C(=O)Cc2sc3ccccc3c2C)CCO1. The zero-order valence-corrected chi connectivity index (χ0v) is 19.1. The Morgan fingerprint density at radius 3 is 2.84 bits per heavy atom. The molecule has 1 unspecified atom stereocenters. The smallest absolute Gasteiger partial charge is 0.228 e. The van der Waals surface area contributed by atoms with Crippen molar-refractivity contribution in [1.82, 2.24) is 4.90 Å². The number of hydrogen-bond donors (Lipinski definition) is 0. The molecule has 5 nitrogen and oxygen atoms in total. The molecule has 1 amide bonds. The van der Waals surface area contributed by atoms with Crippen molar-refractivity contribution in [1.29, 1.82) is 0 Å². The van der Waals surface area contributed by atoms with Crippen LogP contribution < -0.4 is 4.74 Å². The fraction of sp³-hybridized carbons (Fsp3) is 0.333. The summed E-state index contributed by atoms with van der Waals surface area (Å²) < 4.78 is 12.9. The molecule has 0 radical (unpaired) electrons. The molecule has 0 saturated carbocycles. The van der Waals surface area contributed by atoms with Crippen LogP contribution in [0.3, 0.4) is 0 Å². The van der Waals surface area contributed by atoms with Gasteiger partial charge in [0.15, 0.2) is 5.78 Å². The van der Waals surface area contributed by atoms with Gasteiger partial charge in [0, 0.05) is 21.1 Å². The second-order valence-corrected chi connectivity index (χ2v) is 9.24. The highest BCUT2D eigenvalue weighted by Gasteiger charge is 2.26. The topological polar surface area (TPSA) is 55.8 Å². The maximum Gasteiger partial charge on any atom is 0.228 e. The van der Waals surface area contributed by atoms with E-state index in [1.807, 2.05) is 17.0 Å². The average Bonchev–Trinajstić information content (AvgIpc) is 3.08. The molecule has 2 heterocycles. The Morgan fingerprint density at radius 1 is 1.26 bits per heavy atom. The Labute approximate surface area is 190 Å². The quantitative estimate of drug-likeness (QED) is 0.493.